The van der Waals surface area contributed by atoms with Crippen molar-refractivity contribution in [3.63, 3.8) is 0 Å². The molecular weight excluding hydrogens is 490 g/mol. The highest BCUT2D eigenvalue weighted by Crippen LogP contribution is 2.09. The van der Waals surface area contributed by atoms with E-state index in [9.17, 15) is 19.2 Å². The molecule has 2 rings (SSSR count). The molecule has 0 aliphatic rings. The zero-order chi connectivity index (χ0) is 28.0. The molecular formula is C28H37N3O7. The van der Waals surface area contributed by atoms with Crippen molar-refractivity contribution in [1.29, 1.82) is 0 Å². The van der Waals surface area contributed by atoms with E-state index in [1.165, 1.54) is 7.11 Å². The molecule has 0 aromatic heterocycles. The molecule has 0 aliphatic heterocycles. The zero-order valence-electron chi connectivity index (χ0n) is 22.3. The fraction of sp³-hybridized carbons (Fsp3) is 0.429. The van der Waals surface area contributed by atoms with Gasteiger partial charge in [0.25, 0.3) is 0 Å². The summed E-state index contributed by atoms with van der Waals surface area (Å²) in [4.78, 5) is 49.9. The minimum atomic E-state index is -1.02. The van der Waals surface area contributed by atoms with E-state index in [0.717, 1.165) is 11.1 Å². The molecule has 10 heteroatoms. The molecule has 0 heterocycles. The number of ether oxygens (including phenoxy) is 3. The third-order valence-corrected chi connectivity index (χ3v) is 5.24. The topological polar surface area (TPSA) is 132 Å². The van der Waals surface area contributed by atoms with E-state index >= 15 is 0 Å². The fourth-order valence-electron chi connectivity index (χ4n) is 3.45. The summed E-state index contributed by atoms with van der Waals surface area (Å²) in [5.41, 5.74) is 0.923. The third kappa shape index (κ3) is 11.8. The standard InChI is InChI=1S/C28H37N3O7/c1-28(2,3)38-27(35)31-22(16-11-17-29-26(34)37-19-21-14-9-6-10-15-21)24(32)30-23(25(33)36-4)18-20-12-7-5-8-13-20/h5-10,12-15,22-23H,11,16-19H2,1-4H3,(H,29,34)(H,30,32)(H,31,35)/t22-,23-/m0/s1. The van der Waals surface area contributed by atoms with Crippen molar-refractivity contribution in [2.24, 2.45) is 0 Å². The molecule has 0 aliphatic carbocycles. The Morgan fingerprint density at radius 1 is 0.816 bits per heavy atom. The van der Waals surface area contributed by atoms with E-state index in [1.807, 2.05) is 60.7 Å². The second-order valence-electron chi connectivity index (χ2n) is 9.60. The van der Waals surface area contributed by atoms with E-state index < -0.39 is 41.7 Å². The molecule has 0 unspecified atom stereocenters. The quantitative estimate of drug-likeness (QED) is 0.219. The minimum Gasteiger partial charge on any atom is -0.467 e. The van der Waals surface area contributed by atoms with Gasteiger partial charge in [-0.15, -0.1) is 0 Å². The van der Waals surface area contributed by atoms with Gasteiger partial charge in [0, 0.05) is 13.0 Å². The van der Waals surface area contributed by atoms with Crippen LogP contribution in [0.4, 0.5) is 9.59 Å². The van der Waals surface area contributed by atoms with Crippen LogP contribution in [0.2, 0.25) is 0 Å². The van der Waals surface area contributed by atoms with E-state index in [-0.39, 0.29) is 26.0 Å². The molecule has 0 fully saturated rings. The van der Waals surface area contributed by atoms with Gasteiger partial charge in [-0.1, -0.05) is 60.7 Å². The van der Waals surface area contributed by atoms with Gasteiger partial charge in [-0.3, -0.25) is 4.79 Å². The molecule has 3 amide bonds. The first kappa shape index (κ1) is 30.1. The van der Waals surface area contributed by atoms with E-state index in [1.54, 1.807) is 20.8 Å². The summed E-state index contributed by atoms with van der Waals surface area (Å²) in [5, 5.41) is 7.87. The van der Waals surface area contributed by atoms with Crippen molar-refractivity contribution in [2.75, 3.05) is 13.7 Å². The van der Waals surface area contributed by atoms with E-state index in [2.05, 4.69) is 16.0 Å². The molecule has 2 aromatic rings. The maximum absolute atomic E-state index is 13.2. The monoisotopic (exact) mass is 527 g/mol. The van der Waals surface area contributed by atoms with Crippen LogP contribution < -0.4 is 16.0 Å². The van der Waals surface area contributed by atoms with Gasteiger partial charge in [0.05, 0.1) is 7.11 Å². The van der Waals surface area contributed by atoms with Crippen molar-refractivity contribution in [3.8, 4) is 0 Å². The van der Waals surface area contributed by atoms with Crippen LogP contribution in [0.5, 0.6) is 0 Å². The molecule has 38 heavy (non-hydrogen) atoms. The zero-order valence-corrected chi connectivity index (χ0v) is 22.3. The van der Waals surface area contributed by atoms with Gasteiger partial charge in [0.15, 0.2) is 0 Å². The second kappa shape index (κ2) is 15.2. The molecule has 3 N–H and O–H groups in total. The van der Waals surface area contributed by atoms with Gasteiger partial charge < -0.3 is 30.2 Å². The van der Waals surface area contributed by atoms with Gasteiger partial charge in [0.2, 0.25) is 5.91 Å². The SMILES string of the molecule is COC(=O)[C@H](Cc1ccccc1)NC(=O)[C@H](CCCNC(=O)OCc1ccccc1)NC(=O)OC(C)(C)C. The number of nitrogens with one attached hydrogen (secondary N) is 3. The van der Waals surface area contributed by atoms with Crippen molar-refractivity contribution in [3.05, 3.63) is 71.8 Å². The van der Waals surface area contributed by atoms with Crippen molar-refractivity contribution in [2.45, 2.75) is 64.3 Å². The van der Waals surface area contributed by atoms with Crippen LogP contribution in [0.15, 0.2) is 60.7 Å². The van der Waals surface area contributed by atoms with Crippen molar-refractivity contribution in [1.82, 2.24) is 16.0 Å². The average Bonchev–Trinajstić information content (AvgIpc) is 2.88. The summed E-state index contributed by atoms with van der Waals surface area (Å²) in [6, 6.07) is 16.5. The highest BCUT2D eigenvalue weighted by molar-refractivity contribution is 5.89. The Hall–Kier alpha value is -4.08. The smallest absolute Gasteiger partial charge is 0.408 e. The van der Waals surface area contributed by atoms with Gasteiger partial charge in [-0.2, -0.15) is 0 Å². The highest BCUT2D eigenvalue weighted by atomic mass is 16.6. The number of esters is 1. The van der Waals surface area contributed by atoms with Gasteiger partial charge in [-0.05, 0) is 44.7 Å². The molecule has 2 atom stereocenters. The number of benzene rings is 2. The van der Waals surface area contributed by atoms with Crippen LogP contribution in [0.1, 0.15) is 44.7 Å². The van der Waals surface area contributed by atoms with Crippen LogP contribution in [0.25, 0.3) is 0 Å². The van der Waals surface area contributed by atoms with Crippen LogP contribution in [0, 0.1) is 0 Å². The Bertz CT molecular complexity index is 1040. The third-order valence-electron chi connectivity index (χ3n) is 5.24. The van der Waals surface area contributed by atoms with E-state index in [0.29, 0.717) is 6.42 Å². The lowest BCUT2D eigenvalue weighted by atomic mass is 10.0. The minimum absolute atomic E-state index is 0.133. The van der Waals surface area contributed by atoms with E-state index in [4.69, 9.17) is 14.2 Å². The summed E-state index contributed by atoms with van der Waals surface area (Å²) in [6.07, 6.45) is -0.638. The number of amides is 3. The van der Waals surface area contributed by atoms with Crippen LogP contribution in [0.3, 0.4) is 0 Å². The Balaban J connectivity index is 1.96. The Kier molecular flexibility index (Phi) is 12.1. The van der Waals surface area contributed by atoms with Crippen molar-refractivity contribution < 1.29 is 33.4 Å². The first-order chi connectivity index (χ1) is 18.1. The highest BCUT2D eigenvalue weighted by Gasteiger charge is 2.29. The first-order valence-electron chi connectivity index (χ1n) is 12.4. The largest absolute Gasteiger partial charge is 0.467 e. The molecule has 10 nitrogen and oxygen atoms in total. The maximum atomic E-state index is 13.2. The summed E-state index contributed by atoms with van der Waals surface area (Å²) >= 11 is 0. The molecule has 0 bridgehead atoms. The lowest BCUT2D eigenvalue weighted by Crippen LogP contribution is -2.53. The predicted octanol–water partition coefficient (Wildman–Crippen LogP) is 3.49. The molecule has 206 valence electrons. The number of carbonyl (C=O) groups is 4. The van der Waals surface area contributed by atoms with Crippen LogP contribution in [-0.4, -0.2) is 55.4 Å². The number of alkyl carbamates (subject to hydrolysis) is 2. The summed E-state index contributed by atoms with van der Waals surface area (Å²) < 4.78 is 15.3. The number of rotatable bonds is 12. The van der Waals surface area contributed by atoms with Crippen LogP contribution in [-0.2, 0) is 36.8 Å². The normalized spacial score (nSPS) is 12.4. The number of hydrogen-bond donors (Lipinski definition) is 3. The van der Waals surface area contributed by atoms with Gasteiger partial charge in [0.1, 0.15) is 24.3 Å². The lowest BCUT2D eigenvalue weighted by Gasteiger charge is -2.25. The van der Waals surface area contributed by atoms with Crippen molar-refractivity contribution >= 4 is 24.1 Å². The maximum Gasteiger partial charge on any atom is 0.408 e. The Morgan fingerprint density at radius 3 is 2.00 bits per heavy atom. The Morgan fingerprint density at radius 2 is 1.42 bits per heavy atom. The number of hydrogen-bond acceptors (Lipinski definition) is 7. The summed E-state index contributed by atoms with van der Waals surface area (Å²) in [7, 11) is 1.24. The second-order valence-corrected chi connectivity index (χ2v) is 9.60. The summed E-state index contributed by atoms with van der Waals surface area (Å²) in [5.74, 6) is -1.19. The molecule has 0 spiro atoms. The molecule has 0 saturated heterocycles. The Labute approximate surface area is 223 Å². The molecule has 2 aromatic carbocycles. The van der Waals surface area contributed by atoms with Crippen LogP contribution >= 0.6 is 0 Å². The predicted molar refractivity (Wildman–Crippen MR) is 141 cm³/mol. The number of carbonyl (C=O) groups excluding carboxylic acids is 4. The molecule has 0 radical (unpaired) electrons. The number of methoxy groups -OCH3 is 1. The summed E-state index contributed by atoms with van der Waals surface area (Å²) in [6.45, 7) is 5.46. The van der Waals surface area contributed by atoms with Gasteiger partial charge >= 0.3 is 18.2 Å². The fourth-order valence-corrected chi connectivity index (χ4v) is 3.45. The first-order valence-corrected chi connectivity index (χ1v) is 12.4. The van der Waals surface area contributed by atoms with Gasteiger partial charge in [-0.25, -0.2) is 14.4 Å². The average molecular weight is 528 g/mol. The lowest BCUT2D eigenvalue weighted by molar-refractivity contribution is -0.145. The molecule has 0 saturated carbocycles.